The van der Waals surface area contributed by atoms with Crippen LogP contribution in [0.1, 0.15) is 131 Å². The summed E-state index contributed by atoms with van der Waals surface area (Å²) in [5, 5.41) is 17.8. The molecule has 0 bridgehead atoms. The molecule has 0 radical (unpaired) electrons. The number of hydrogen-bond acceptors (Lipinski definition) is 8. The Morgan fingerprint density at radius 3 is 1.85 bits per heavy atom. The van der Waals surface area contributed by atoms with E-state index < -0.39 is 13.8 Å². The van der Waals surface area contributed by atoms with E-state index in [1.54, 1.807) is 0 Å². The maximum Gasteiger partial charge on any atom is 1.00 e. The average molecular weight is 684 g/mol. The maximum absolute atomic E-state index is 12.8. The van der Waals surface area contributed by atoms with E-state index in [1.165, 1.54) is 64.2 Å². The second-order valence-corrected chi connectivity index (χ2v) is 14.8. The van der Waals surface area contributed by atoms with E-state index in [-0.39, 0.29) is 98.7 Å². The Hall–Kier alpha value is -0.910. The molecule has 9 nitrogen and oxygen atoms in total. The summed E-state index contributed by atoms with van der Waals surface area (Å²) < 4.78 is 18.9. The third kappa shape index (κ3) is 10.6. The Morgan fingerprint density at radius 2 is 1.33 bits per heavy atom. The largest absolute Gasteiger partial charge is 1.00 e. The van der Waals surface area contributed by atoms with Gasteiger partial charge < -0.3 is 34.0 Å². The third-order valence-corrected chi connectivity index (χ3v) is 11.6. The standard InChI is InChI=1S/C25H36BNO5.C9H19BO2.2CH4.Na.H2O/c1-19(15-20-9-4-2-5-10-20)26-27(16-24(28)31-26,17-25(29)32-26)22-13-8-14-23(22)30-18-21-11-6-3-7-12-21;1-8(10(11)12)7-9-5-3-2-4-6-9;;;;/h3,6-7,11-12,19-20,22-23H,2,4-5,8-10,13-18H2,1H3;8-9,11-12H,2-7H2,1H3;2*1H4;;1H2/q;;;;+1;/p-1/t19-,22?,23-,26?,27?;8-;;;;/m00..../s1. The van der Waals surface area contributed by atoms with Crippen LogP contribution in [0.2, 0.25) is 11.6 Å². The fourth-order valence-corrected chi connectivity index (χ4v) is 9.37. The Labute approximate surface area is 313 Å². The van der Waals surface area contributed by atoms with Crippen molar-refractivity contribution in [3.8, 4) is 0 Å². The van der Waals surface area contributed by atoms with Crippen LogP contribution in [0.4, 0.5) is 0 Å². The summed E-state index contributed by atoms with van der Waals surface area (Å²) in [6.07, 6.45) is 17.8. The number of carbonyl (C=O) groups is 2. The molecule has 3 N–H and O–H groups in total. The van der Waals surface area contributed by atoms with Gasteiger partial charge in [-0.3, -0.25) is 9.59 Å². The number of carbonyl (C=O) groups excluding carboxylic acids is 2. The van der Waals surface area contributed by atoms with Crippen molar-refractivity contribution in [1.29, 1.82) is 0 Å². The van der Waals surface area contributed by atoms with Crippen molar-refractivity contribution in [3.63, 3.8) is 0 Å². The van der Waals surface area contributed by atoms with Crippen LogP contribution < -0.4 is 29.6 Å². The first-order valence-corrected chi connectivity index (χ1v) is 17.7. The molecule has 6 rings (SSSR count). The summed E-state index contributed by atoms with van der Waals surface area (Å²) in [5.74, 6) is 1.02. The van der Waals surface area contributed by atoms with Crippen LogP contribution >= 0.6 is 0 Å². The van der Waals surface area contributed by atoms with Crippen molar-refractivity contribution < 1.29 is 73.1 Å². The van der Waals surface area contributed by atoms with Gasteiger partial charge in [0.2, 0.25) is 0 Å². The molecule has 2 aliphatic heterocycles. The molecule has 0 amide bonds. The second kappa shape index (κ2) is 20.8. The third-order valence-electron chi connectivity index (χ3n) is 11.6. The molecular weight excluding hydrogens is 619 g/mol. The molecule has 1 aromatic carbocycles. The number of ether oxygens (including phenoxy) is 1. The summed E-state index contributed by atoms with van der Waals surface area (Å²) in [6.45, 7) is 3.02. The minimum absolute atomic E-state index is 0. The van der Waals surface area contributed by atoms with Crippen molar-refractivity contribution in [2.24, 2.45) is 11.8 Å². The fraction of sp³-hybridized carbons (Fsp3) is 0.778. The predicted octanol–water partition coefficient (Wildman–Crippen LogP) is 4.27. The van der Waals surface area contributed by atoms with E-state index >= 15 is 0 Å². The smallest absolute Gasteiger partial charge is 0.870 e. The molecule has 2 saturated heterocycles. The van der Waals surface area contributed by atoms with Crippen molar-refractivity contribution in [1.82, 2.24) is 0 Å². The van der Waals surface area contributed by atoms with E-state index in [0.29, 0.717) is 16.9 Å². The molecule has 0 aromatic heterocycles. The molecule has 2 heterocycles. The molecule has 48 heavy (non-hydrogen) atoms. The van der Waals surface area contributed by atoms with Gasteiger partial charge in [-0.05, 0) is 54.7 Å². The van der Waals surface area contributed by atoms with Gasteiger partial charge in [-0.15, -0.1) is 0 Å². The SMILES string of the molecule is C.C.C[C@@H](CC1CCCCC1)B(O)O.C[C@@H](CC1CCCCC1)[B-]12OC(=O)C[N+]1(C1CCC[C@@H]1OCc1ccccc1)CC(=O)O2.[Na+].[OH-]. The molecule has 0 spiro atoms. The first kappa shape index (κ1) is 45.1. The molecule has 268 valence electrons. The van der Waals surface area contributed by atoms with Crippen molar-refractivity contribution in [2.75, 3.05) is 13.1 Å². The van der Waals surface area contributed by atoms with Gasteiger partial charge in [0.25, 0.3) is 0 Å². The van der Waals surface area contributed by atoms with Crippen LogP contribution in [0, 0.1) is 11.8 Å². The summed E-state index contributed by atoms with van der Waals surface area (Å²) in [4.78, 5) is 25.5. The van der Waals surface area contributed by atoms with E-state index in [1.807, 2.05) is 25.1 Å². The van der Waals surface area contributed by atoms with Gasteiger partial charge in [-0.2, -0.15) is 0 Å². The number of hydrogen-bond donors (Lipinski definition) is 2. The fourth-order valence-electron chi connectivity index (χ4n) is 9.37. The normalized spacial score (nSPS) is 29.6. The molecule has 3 aliphatic carbocycles. The summed E-state index contributed by atoms with van der Waals surface area (Å²) in [7, 11) is -1.12. The Kier molecular flexibility index (Phi) is 19.6. The summed E-state index contributed by atoms with van der Waals surface area (Å²) in [5.41, 5.74) is 1.14. The topological polar surface area (TPSA) is 132 Å². The number of rotatable bonds is 10. The second-order valence-electron chi connectivity index (χ2n) is 14.8. The van der Waals surface area contributed by atoms with E-state index in [2.05, 4.69) is 19.1 Å². The van der Waals surface area contributed by atoms with Gasteiger partial charge in [0, 0.05) is 0 Å². The summed E-state index contributed by atoms with van der Waals surface area (Å²) >= 11 is 0. The zero-order chi connectivity index (χ0) is 31.2. The maximum atomic E-state index is 12.8. The molecule has 1 unspecified atom stereocenters. The molecule has 5 aliphatic rings. The minimum atomic E-state index is -2.06. The van der Waals surface area contributed by atoms with E-state index in [9.17, 15) is 9.59 Å². The number of quaternary nitrogens is 1. The van der Waals surface area contributed by atoms with Gasteiger partial charge in [0.1, 0.15) is 19.2 Å². The zero-order valence-corrected chi connectivity index (χ0v) is 30.6. The van der Waals surface area contributed by atoms with Crippen LogP contribution in [0.15, 0.2) is 30.3 Å². The zero-order valence-electron chi connectivity index (χ0n) is 28.6. The van der Waals surface area contributed by atoms with Gasteiger partial charge >= 0.3 is 55.3 Å². The Bertz CT molecular complexity index is 1070. The first-order valence-electron chi connectivity index (χ1n) is 17.7. The molecule has 1 aromatic rings. The quantitative estimate of drug-likeness (QED) is 0.350. The molecule has 5 fully saturated rings. The van der Waals surface area contributed by atoms with E-state index in [0.717, 1.165) is 43.6 Å². The van der Waals surface area contributed by atoms with Crippen molar-refractivity contribution >= 4 is 25.7 Å². The van der Waals surface area contributed by atoms with Gasteiger partial charge in [0.05, 0.1) is 12.6 Å². The van der Waals surface area contributed by atoms with Gasteiger partial charge in [-0.1, -0.05) is 130 Å². The van der Waals surface area contributed by atoms with E-state index in [4.69, 9.17) is 24.1 Å². The Balaban J connectivity index is 0.000000620. The average Bonchev–Trinajstić information content (AvgIpc) is 3.68. The molecule has 12 heteroatoms. The predicted molar refractivity (Wildman–Crippen MR) is 187 cm³/mol. The first-order chi connectivity index (χ1) is 21.2. The van der Waals surface area contributed by atoms with Crippen LogP contribution in [-0.4, -0.2) is 70.9 Å². The minimum Gasteiger partial charge on any atom is -0.870 e. The molecule has 3 saturated carbocycles. The van der Waals surface area contributed by atoms with Crippen LogP contribution in [0.5, 0.6) is 0 Å². The van der Waals surface area contributed by atoms with Crippen molar-refractivity contribution in [3.05, 3.63) is 35.9 Å². The van der Waals surface area contributed by atoms with Gasteiger partial charge in [-0.25, -0.2) is 0 Å². The number of benzene rings is 1. The summed E-state index contributed by atoms with van der Waals surface area (Å²) in [6, 6.07) is 10.3. The monoisotopic (exact) mass is 683 g/mol. The van der Waals surface area contributed by atoms with Crippen molar-refractivity contribution in [2.45, 2.75) is 155 Å². The van der Waals surface area contributed by atoms with Crippen LogP contribution in [-0.2, 0) is 30.2 Å². The number of nitrogens with zero attached hydrogens (tertiary/aromatic N) is 1. The molecule has 4 atom stereocenters. The number of fused-ring (bicyclic) bond motifs is 1. The molecular formula is C36H64B2NNaO8. The Morgan fingerprint density at radius 1 is 0.812 bits per heavy atom. The van der Waals surface area contributed by atoms with Crippen LogP contribution in [0.3, 0.4) is 0 Å². The van der Waals surface area contributed by atoms with Crippen LogP contribution in [0.25, 0.3) is 0 Å². The van der Waals surface area contributed by atoms with Gasteiger partial charge in [0.15, 0.2) is 0 Å².